The third-order valence-electron chi connectivity index (χ3n) is 3.41. The molecule has 2 aromatic heterocycles. The lowest BCUT2D eigenvalue weighted by molar-refractivity contribution is -0.385. The van der Waals surface area contributed by atoms with Crippen molar-refractivity contribution in [2.24, 2.45) is 0 Å². The van der Waals surface area contributed by atoms with E-state index in [9.17, 15) is 20.0 Å². The highest BCUT2D eigenvalue weighted by atomic mass is 16.6. The predicted molar refractivity (Wildman–Crippen MR) is 79.0 cm³/mol. The molecule has 0 atom stereocenters. The molecule has 22 heavy (non-hydrogen) atoms. The van der Waals surface area contributed by atoms with E-state index in [4.69, 9.17) is 0 Å². The van der Waals surface area contributed by atoms with Crippen LogP contribution in [-0.2, 0) is 0 Å². The smallest absolute Gasteiger partial charge is 0.339 e. The number of hydrogen-bond donors (Lipinski definition) is 1. The van der Waals surface area contributed by atoms with Gasteiger partial charge in [-0.2, -0.15) is 0 Å². The van der Waals surface area contributed by atoms with Crippen LogP contribution < -0.4 is 0 Å². The van der Waals surface area contributed by atoms with Crippen LogP contribution in [-0.4, -0.2) is 25.4 Å². The molecular formula is C15H11N3O4. The number of pyridine rings is 1. The predicted octanol–water partition coefficient (Wildman–Crippen LogP) is 2.92. The highest BCUT2D eigenvalue weighted by molar-refractivity contribution is 5.94. The normalized spacial score (nSPS) is 10.8. The molecule has 1 N–H and O–H groups in total. The second-order valence-corrected chi connectivity index (χ2v) is 4.84. The highest BCUT2D eigenvalue weighted by Gasteiger charge is 2.16. The quantitative estimate of drug-likeness (QED) is 0.592. The van der Waals surface area contributed by atoms with Crippen molar-refractivity contribution >= 4 is 17.3 Å². The molecule has 1 aromatic carbocycles. The van der Waals surface area contributed by atoms with E-state index in [1.807, 2.05) is 0 Å². The molecule has 3 rings (SSSR count). The molecule has 0 aliphatic rings. The van der Waals surface area contributed by atoms with Crippen LogP contribution in [0, 0.1) is 17.0 Å². The van der Waals surface area contributed by atoms with Crippen LogP contribution in [0.3, 0.4) is 0 Å². The molecule has 0 aliphatic heterocycles. The fraction of sp³-hybridized carbons (Fsp3) is 0.0667. The number of imidazole rings is 1. The van der Waals surface area contributed by atoms with Crippen LogP contribution in [0.2, 0.25) is 0 Å². The van der Waals surface area contributed by atoms with E-state index in [0.29, 0.717) is 22.5 Å². The van der Waals surface area contributed by atoms with Crippen molar-refractivity contribution in [1.29, 1.82) is 0 Å². The first-order valence-electron chi connectivity index (χ1n) is 6.44. The van der Waals surface area contributed by atoms with E-state index in [1.165, 1.54) is 12.1 Å². The monoisotopic (exact) mass is 297 g/mol. The van der Waals surface area contributed by atoms with Crippen molar-refractivity contribution in [2.45, 2.75) is 6.92 Å². The number of carbonyl (C=O) groups is 1. The van der Waals surface area contributed by atoms with E-state index in [1.54, 1.807) is 41.9 Å². The van der Waals surface area contributed by atoms with Gasteiger partial charge in [0.05, 0.1) is 10.6 Å². The van der Waals surface area contributed by atoms with E-state index < -0.39 is 10.9 Å². The number of carboxylic acids is 1. The number of rotatable bonds is 3. The Morgan fingerprint density at radius 1 is 1.36 bits per heavy atom. The molecule has 0 spiro atoms. The zero-order chi connectivity index (χ0) is 15.9. The van der Waals surface area contributed by atoms with E-state index in [-0.39, 0.29) is 11.3 Å². The molecule has 0 unspecified atom stereocenters. The average Bonchev–Trinajstić information content (AvgIpc) is 2.90. The van der Waals surface area contributed by atoms with Crippen molar-refractivity contribution in [3.05, 3.63) is 64.0 Å². The molecule has 7 nitrogen and oxygen atoms in total. The van der Waals surface area contributed by atoms with Crippen molar-refractivity contribution in [3.8, 4) is 11.3 Å². The van der Waals surface area contributed by atoms with Crippen LogP contribution in [0.4, 0.5) is 5.69 Å². The van der Waals surface area contributed by atoms with E-state index in [0.717, 1.165) is 0 Å². The summed E-state index contributed by atoms with van der Waals surface area (Å²) in [5, 5.41) is 20.2. The van der Waals surface area contributed by atoms with Crippen LogP contribution in [0.5, 0.6) is 0 Å². The maximum Gasteiger partial charge on any atom is 0.339 e. The van der Waals surface area contributed by atoms with Gasteiger partial charge in [0.2, 0.25) is 0 Å². The SMILES string of the molecule is Cc1ccc(-c2cn3cccc(C(=O)O)c3n2)cc1[N+](=O)[O-]. The number of nitro benzene ring substituents is 1. The Morgan fingerprint density at radius 3 is 2.82 bits per heavy atom. The van der Waals surface area contributed by atoms with Gasteiger partial charge >= 0.3 is 5.97 Å². The summed E-state index contributed by atoms with van der Waals surface area (Å²) in [5.41, 5.74) is 1.99. The Bertz CT molecular complexity index is 914. The van der Waals surface area contributed by atoms with Gasteiger partial charge in [-0.1, -0.05) is 12.1 Å². The molecule has 0 fully saturated rings. The average molecular weight is 297 g/mol. The summed E-state index contributed by atoms with van der Waals surface area (Å²) in [7, 11) is 0. The Labute approximate surface area is 124 Å². The molecule has 2 heterocycles. The molecule has 0 saturated heterocycles. The fourth-order valence-corrected chi connectivity index (χ4v) is 2.28. The molecule has 0 amide bonds. The van der Waals surface area contributed by atoms with Gasteiger partial charge in [-0.25, -0.2) is 9.78 Å². The van der Waals surface area contributed by atoms with Crippen LogP contribution in [0.1, 0.15) is 15.9 Å². The second-order valence-electron chi connectivity index (χ2n) is 4.84. The number of aryl methyl sites for hydroxylation is 1. The lowest BCUT2D eigenvalue weighted by Crippen LogP contribution is -1.99. The number of nitro groups is 1. The molecule has 110 valence electrons. The van der Waals surface area contributed by atoms with Gasteiger partial charge < -0.3 is 9.51 Å². The standard InChI is InChI=1S/C15H11N3O4/c1-9-4-5-10(7-13(9)18(21)22)12-8-17-6-2-3-11(15(19)20)14(17)16-12/h2-8H,1H3,(H,19,20). The van der Waals surface area contributed by atoms with Crippen molar-refractivity contribution < 1.29 is 14.8 Å². The summed E-state index contributed by atoms with van der Waals surface area (Å²) in [6.07, 6.45) is 3.33. The zero-order valence-electron chi connectivity index (χ0n) is 11.6. The number of aromatic carboxylic acids is 1. The summed E-state index contributed by atoms with van der Waals surface area (Å²) >= 11 is 0. The number of fused-ring (bicyclic) bond motifs is 1. The Morgan fingerprint density at radius 2 is 2.14 bits per heavy atom. The maximum atomic E-state index is 11.2. The molecule has 0 aliphatic carbocycles. The fourth-order valence-electron chi connectivity index (χ4n) is 2.28. The van der Waals surface area contributed by atoms with Gasteiger partial charge in [-0.15, -0.1) is 0 Å². The van der Waals surface area contributed by atoms with Crippen molar-refractivity contribution in [2.75, 3.05) is 0 Å². The first-order chi connectivity index (χ1) is 10.5. The highest BCUT2D eigenvalue weighted by Crippen LogP contribution is 2.27. The molecule has 3 aromatic rings. The third kappa shape index (κ3) is 2.18. The number of benzene rings is 1. The lowest BCUT2D eigenvalue weighted by Gasteiger charge is -1.99. The van der Waals surface area contributed by atoms with Gasteiger partial charge in [0.15, 0.2) is 5.65 Å². The molecule has 7 heteroatoms. The Hall–Kier alpha value is -3.22. The van der Waals surface area contributed by atoms with Crippen molar-refractivity contribution in [1.82, 2.24) is 9.38 Å². The minimum absolute atomic E-state index is 0.00742. The van der Waals surface area contributed by atoms with Gasteiger partial charge in [0.25, 0.3) is 5.69 Å². The minimum atomic E-state index is -1.07. The van der Waals surface area contributed by atoms with E-state index >= 15 is 0 Å². The number of hydrogen-bond acceptors (Lipinski definition) is 4. The largest absolute Gasteiger partial charge is 0.478 e. The zero-order valence-corrected chi connectivity index (χ0v) is 11.6. The first-order valence-corrected chi connectivity index (χ1v) is 6.44. The summed E-state index contributed by atoms with van der Waals surface area (Å²) in [4.78, 5) is 26.1. The molecule has 0 saturated carbocycles. The van der Waals surface area contributed by atoms with Gasteiger partial charge in [0.1, 0.15) is 5.56 Å². The summed E-state index contributed by atoms with van der Waals surface area (Å²) < 4.78 is 1.59. The Balaban J connectivity index is 2.19. The van der Waals surface area contributed by atoms with Crippen molar-refractivity contribution in [3.63, 3.8) is 0 Å². The van der Waals surface area contributed by atoms with Crippen LogP contribution in [0.25, 0.3) is 16.9 Å². The molecule has 0 radical (unpaired) electrons. The number of nitrogens with zero attached hydrogens (tertiary/aromatic N) is 3. The number of aromatic nitrogens is 2. The minimum Gasteiger partial charge on any atom is -0.478 e. The maximum absolute atomic E-state index is 11.2. The molecular weight excluding hydrogens is 286 g/mol. The van der Waals surface area contributed by atoms with Crippen LogP contribution in [0.15, 0.2) is 42.7 Å². The van der Waals surface area contributed by atoms with Gasteiger partial charge in [0, 0.05) is 29.6 Å². The van der Waals surface area contributed by atoms with E-state index in [2.05, 4.69) is 4.98 Å². The topological polar surface area (TPSA) is 97.7 Å². The lowest BCUT2D eigenvalue weighted by atomic mass is 10.1. The number of carboxylic acid groups (broad SMARTS) is 1. The second kappa shape index (κ2) is 4.96. The summed E-state index contributed by atoms with van der Waals surface area (Å²) in [6, 6.07) is 7.89. The summed E-state index contributed by atoms with van der Waals surface area (Å²) in [6.45, 7) is 1.66. The van der Waals surface area contributed by atoms with Crippen LogP contribution >= 0.6 is 0 Å². The van der Waals surface area contributed by atoms with Gasteiger partial charge in [-0.3, -0.25) is 10.1 Å². The Kier molecular flexibility index (Phi) is 3.10. The summed E-state index contributed by atoms with van der Waals surface area (Å²) in [5.74, 6) is -1.07. The molecule has 0 bridgehead atoms. The third-order valence-corrected chi connectivity index (χ3v) is 3.41. The van der Waals surface area contributed by atoms with Gasteiger partial charge in [-0.05, 0) is 19.1 Å². The first kappa shape index (κ1) is 13.7.